The van der Waals surface area contributed by atoms with Crippen molar-refractivity contribution in [1.82, 2.24) is 5.43 Å². The molecule has 1 aliphatic heterocycles. The zero-order chi connectivity index (χ0) is 11.6. The molecule has 0 spiro atoms. The molecule has 0 aliphatic carbocycles. The Bertz CT molecular complexity index is 196. The molecule has 0 bridgehead atoms. The first-order chi connectivity index (χ1) is 7.83. The molecule has 0 atom stereocenters. The van der Waals surface area contributed by atoms with E-state index in [2.05, 4.69) is 17.2 Å². The first-order valence-electron chi connectivity index (χ1n) is 6.01. The van der Waals surface area contributed by atoms with Crippen LogP contribution in [-0.2, 0) is 9.53 Å². The highest BCUT2D eigenvalue weighted by molar-refractivity contribution is 7.99. The standard InChI is InChI=1S/C11H22N2O2S/c12-13-11(14)4-2-1-3-9-16-10-5-7-15-8-6-10/h10H,1-9,12H2,(H,13,14). The van der Waals surface area contributed by atoms with Gasteiger partial charge in [-0.2, -0.15) is 11.8 Å². The lowest BCUT2D eigenvalue weighted by molar-refractivity contribution is -0.121. The number of hydrazine groups is 1. The van der Waals surface area contributed by atoms with Crippen molar-refractivity contribution in [3.63, 3.8) is 0 Å². The van der Waals surface area contributed by atoms with Crippen LogP contribution in [0, 0.1) is 0 Å². The number of amides is 1. The summed E-state index contributed by atoms with van der Waals surface area (Å²) in [6, 6.07) is 0. The van der Waals surface area contributed by atoms with E-state index in [1.165, 1.54) is 25.0 Å². The zero-order valence-electron chi connectivity index (χ0n) is 9.74. The van der Waals surface area contributed by atoms with E-state index in [4.69, 9.17) is 10.6 Å². The molecule has 0 aromatic heterocycles. The van der Waals surface area contributed by atoms with Gasteiger partial charge in [-0.3, -0.25) is 10.2 Å². The maximum Gasteiger partial charge on any atom is 0.233 e. The summed E-state index contributed by atoms with van der Waals surface area (Å²) in [5, 5.41) is 0.793. The van der Waals surface area contributed by atoms with E-state index in [0.717, 1.165) is 31.3 Å². The topological polar surface area (TPSA) is 64.3 Å². The number of hydrogen-bond donors (Lipinski definition) is 2. The Morgan fingerprint density at radius 2 is 2.06 bits per heavy atom. The maximum atomic E-state index is 10.8. The Hall–Kier alpha value is -0.260. The third-order valence-corrected chi connectivity index (χ3v) is 4.20. The quantitative estimate of drug-likeness (QED) is 0.309. The van der Waals surface area contributed by atoms with Gasteiger partial charge in [-0.25, -0.2) is 5.84 Å². The summed E-state index contributed by atoms with van der Waals surface area (Å²) in [4.78, 5) is 10.8. The minimum absolute atomic E-state index is 0.0583. The van der Waals surface area contributed by atoms with E-state index in [-0.39, 0.29) is 5.91 Å². The molecule has 0 aromatic carbocycles. The number of ether oxygens (including phenoxy) is 1. The van der Waals surface area contributed by atoms with Gasteiger partial charge in [0.2, 0.25) is 5.91 Å². The first kappa shape index (κ1) is 13.8. The fraction of sp³-hybridized carbons (Fsp3) is 0.909. The second-order valence-electron chi connectivity index (χ2n) is 4.06. The van der Waals surface area contributed by atoms with Crippen LogP contribution >= 0.6 is 11.8 Å². The second-order valence-corrected chi connectivity index (χ2v) is 5.47. The van der Waals surface area contributed by atoms with Crippen molar-refractivity contribution < 1.29 is 9.53 Å². The Morgan fingerprint density at radius 1 is 1.31 bits per heavy atom. The molecule has 4 nitrogen and oxygen atoms in total. The molecule has 0 unspecified atom stereocenters. The van der Waals surface area contributed by atoms with Gasteiger partial charge in [0.15, 0.2) is 0 Å². The van der Waals surface area contributed by atoms with Gasteiger partial charge in [0.1, 0.15) is 0 Å². The number of rotatable bonds is 7. The third-order valence-electron chi connectivity index (χ3n) is 2.73. The summed E-state index contributed by atoms with van der Waals surface area (Å²) in [5.41, 5.74) is 2.15. The lowest BCUT2D eigenvalue weighted by Crippen LogP contribution is -2.29. The molecule has 5 heteroatoms. The molecule has 1 amide bonds. The summed E-state index contributed by atoms with van der Waals surface area (Å²) in [6.07, 6.45) is 6.19. The van der Waals surface area contributed by atoms with E-state index in [0.29, 0.717) is 6.42 Å². The van der Waals surface area contributed by atoms with Crippen LogP contribution in [-0.4, -0.2) is 30.1 Å². The summed E-state index contributed by atoms with van der Waals surface area (Å²) in [5.74, 6) is 6.14. The maximum absolute atomic E-state index is 10.8. The molecule has 0 aromatic rings. The van der Waals surface area contributed by atoms with Crippen LogP contribution in [0.5, 0.6) is 0 Å². The molecule has 1 fully saturated rings. The predicted octanol–water partition coefficient (Wildman–Crippen LogP) is 1.45. The minimum atomic E-state index is -0.0583. The fourth-order valence-corrected chi connectivity index (χ4v) is 2.96. The van der Waals surface area contributed by atoms with Gasteiger partial charge in [0.25, 0.3) is 0 Å². The number of carbonyl (C=O) groups is 1. The Balaban J connectivity index is 1.85. The number of nitrogens with two attached hydrogens (primary N) is 1. The van der Waals surface area contributed by atoms with Crippen molar-refractivity contribution >= 4 is 17.7 Å². The van der Waals surface area contributed by atoms with Gasteiger partial charge < -0.3 is 4.74 Å². The summed E-state index contributed by atoms with van der Waals surface area (Å²) in [7, 11) is 0. The second kappa shape index (κ2) is 8.84. The van der Waals surface area contributed by atoms with Gasteiger partial charge in [-0.15, -0.1) is 0 Å². The molecule has 0 radical (unpaired) electrons. The highest BCUT2D eigenvalue weighted by atomic mass is 32.2. The van der Waals surface area contributed by atoms with Gasteiger partial charge in [0, 0.05) is 24.9 Å². The molecule has 1 rings (SSSR count). The van der Waals surface area contributed by atoms with E-state index in [9.17, 15) is 4.79 Å². The van der Waals surface area contributed by atoms with Crippen molar-refractivity contribution in [1.29, 1.82) is 0 Å². The normalized spacial score (nSPS) is 17.3. The van der Waals surface area contributed by atoms with E-state index < -0.39 is 0 Å². The molecule has 1 saturated heterocycles. The Kier molecular flexibility index (Phi) is 7.63. The van der Waals surface area contributed by atoms with Crippen molar-refractivity contribution in [3.05, 3.63) is 0 Å². The molecule has 3 N–H and O–H groups in total. The number of hydrogen-bond acceptors (Lipinski definition) is 4. The lowest BCUT2D eigenvalue weighted by Gasteiger charge is -2.21. The zero-order valence-corrected chi connectivity index (χ0v) is 10.6. The molecular weight excluding hydrogens is 224 g/mol. The predicted molar refractivity (Wildman–Crippen MR) is 67.1 cm³/mol. The first-order valence-corrected chi connectivity index (χ1v) is 7.06. The molecular formula is C11H22N2O2S. The van der Waals surface area contributed by atoms with Gasteiger partial charge >= 0.3 is 0 Å². The van der Waals surface area contributed by atoms with Gasteiger partial charge in [-0.1, -0.05) is 6.42 Å². The minimum Gasteiger partial charge on any atom is -0.381 e. The average Bonchev–Trinajstić information content (AvgIpc) is 2.34. The highest BCUT2D eigenvalue weighted by Crippen LogP contribution is 2.23. The largest absolute Gasteiger partial charge is 0.381 e. The number of thioether (sulfide) groups is 1. The van der Waals surface area contributed by atoms with Crippen molar-refractivity contribution in [2.45, 2.75) is 43.8 Å². The number of carbonyl (C=O) groups excluding carboxylic acids is 1. The van der Waals surface area contributed by atoms with Crippen LogP contribution in [0.4, 0.5) is 0 Å². The summed E-state index contributed by atoms with van der Waals surface area (Å²) >= 11 is 2.06. The molecule has 94 valence electrons. The van der Waals surface area contributed by atoms with Crippen LogP contribution in [0.1, 0.15) is 38.5 Å². The average molecular weight is 246 g/mol. The number of nitrogens with one attached hydrogen (secondary N) is 1. The molecule has 1 heterocycles. The highest BCUT2D eigenvalue weighted by Gasteiger charge is 2.13. The SMILES string of the molecule is NNC(=O)CCCCCSC1CCOCC1. The molecule has 16 heavy (non-hydrogen) atoms. The fourth-order valence-electron chi connectivity index (χ4n) is 1.73. The van der Waals surface area contributed by atoms with E-state index in [1.807, 2.05) is 0 Å². The Morgan fingerprint density at radius 3 is 2.75 bits per heavy atom. The van der Waals surface area contributed by atoms with Crippen molar-refractivity contribution in [2.24, 2.45) is 5.84 Å². The monoisotopic (exact) mass is 246 g/mol. The summed E-state index contributed by atoms with van der Waals surface area (Å²) in [6.45, 7) is 1.85. The van der Waals surface area contributed by atoms with Crippen LogP contribution in [0.25, 0.3) is 0 Å². The van der Waals surface area contributed by atoms with Crippen LogP contribution in [0.3, 0.4) is 0 Å². The number of unbranched alkanes of at least 4 members (excludes halogenated alkanes) is 2. The van der Waals surface area contributed by atoms with Crippen LogP contribution in [0.2, 0.25) is 0 Å². The smallest absolute Gasteiger partial charge is 0.233 e. The van der Waals surface area contributed by atoms with Crippen molar-refractivity contribution in [2.75, 3.05) is 19.0 Å². The molecule has 1 aliphatic rings. The third kappa shape index (κ3) is 6.35. The lowest BCUT2D eigenvalue weighted by atomic mass is 10.2. The summed E-state index contributed by atoms with van der Waals surface area (Å²) < 4.78 is 5.31. The van der Waals surface area contributed by atoms with Gasteiger partial charge in [-0.05, 0) is 31.4 Å². The van der Waals surface area contributed by atoms with Crippen LogP contribution < -0.4 is 11.3 Å². The van der Waals surface area contributed by atoms with Crippen molar-refractivity contribution in [3.8, 4) is 0 Å². The van der Waals surface area contributed by atoms with E-state index >= 15 is 0 Å². The Labute approximate surface area is 102 Å². The van der Waals surface area contributed by atoms with Crippen LogP contribution in [0.15, 0.2) is 0 Å². The van der Waals surface area contributed by atoms with Gasteiger partial charge in [0.05, 0.1) is 0 Å². The molecule has 0 saturated carbocycles. The van der Waals surface area contributed by atoms with E-state index in [1.54, 1.807) is 0 Å².